The van der Waals surface area contributed by atoms with Crippen LogP contribution in [-0.2, 0) is 0 Å². The summed E-state index contributed by atoms with van der Waals surface area (Å²) in [5, 5.41) is 6.91. The van der Waals surface area contributed by atoms with Gasteiger partial charge in [0.15, 0.2) is 0 Å². The van der Waals surface area contributed by atoms with Gasteiger partial charge < -0.3 is 9.84 Å². The number of pyridine rings is 1. The number of halogens is 2. The van der Waals surface area contributed by atoms with Crippen LogP contribution in [0.3, 0.4) is 0 Å². The molecule has 2 rings (SSSR count). The van der Waals surface area contributed by atoms with Crippen molar-refractivity contribution in [3.8, 4) is 11.5 Å². The van der Waals surface area contributed by atoms with Crippen molar-refractivity contribution in [3.05, 3.63) is 21.2 Å². The third-order valence-corrected chi connectivity index (χ3v) is 2.90. The van der Waals surface area contributed by atoms with Crippen LogP contribution < -0.4 is 5.32 Å². The molecule has 5 nitrogen and oxygen atoms in total. The maximum Gasteiger partial charge on any atom is 0.322 e. The van der Waals surface area contributed by atoms with Gasteiger partial charge in [0.25, 0.3) is 0 Å². The van der Waals surface area contributed by atoms with Crippen LogP contribution in [0.15, 0.2) is 25.7 Å². The SMILES string of the molecule is CC(C)Nc1nc(-c2ncc(Br)cc2Br)no1. The first-order chi connectivity index (χ1) is 8.06. The number of anilines is 1. The van der Waals surface area contributed by atoms with Crippen LogP contribution in [0.1, 0.15) is 13.8 Å². The van der Waals surface area contributed by atoms with E-state index in [0.717, 1.165) is 8.95 Å². The highest BCUT2D eigenvalue weighted by Crippen LogP contribution is 2.27. The van der Waals surface area contributed by atoms with E-state index in [1.54, 1.807) is 6.20 Å². The van der Waals surface area contributed by atoms with Crippen LogP contribution in [-0.4, -0.2) is 21.2 Å². The van der Waals surface area contributed by atoms with Gasteiger partial charge in [0.1, 0.15) is 5.69 Å². The van der Waals surface area contributed by atoms with Gasteiger partial charge in [-0.05, 0) is 51.8 Å². The number of aromatic nitrogens is 3. The summed E-state index contributed by atoms with van der Waals surface area (Å²) >= 11 is 6.75. The Bertz CT molecular complexity index is 527. The van der Waals surface area contributed by atoms with Gasteiger partial charge in [-0.3, -0.25) is 4.98 Å². The Morgan fingerprint density at radius 3 is 2.76 bits per heavy atom. The number of rotatable bonds is 3. The smallest absolute Gasteiger partial charge is 0.322 e. The van der Waals surface area contributed by atoms with E-state index < -0.39 is 0 Å². The number of hydrogen-bond acceptors (Lipinski definition) is 5. The minimum atomic E-state index is 0.240. The summed E-state index contributed by atoms with van der Waals surface area (Å²) in [6, 6.07) is 2.52. The van der Waals surface area contributed by atoms with Crippen molar-refractivity contribution >= 4 is 37.9 Å². The summed E-state index contributed by atoms with van der Waals surface area (Å²) in [4.78, 5) is 8.45. The molecule has 0 atom stereocenters. The first kappa shape index (κ1) is 12.5. The molecule has 0 aliphatic heterocycles. The van der Waals surface area contributed by atoms with E-state index in [0.29, 0.717) is 17.5 Å². The van der Waals surface area contributed by atoms with Gasteiger partial charge in [0.2, 0.25) is 5.82 Å². The van der Waals surface area contributed by atoms with Crippen LogP contribution in [0.5, 0.6) is 0 Å². The zero-order chi connectivity index (χ0) is 12.4. The summed E-state index contributed by atoms with van der Waals surface area (Å²) in [5.41, 5.74) is 0.647. The Morgan fingerprint density at radius 2 is 2.12 bits per heavy atom. The molecule has 0 bridgehead atoms. The molecule has 0 fully saturated rings. The lowest BCUT2D eigenvalue weighted by atomic mass is 10.3. The topological polar surface area (TPSA) is 63.8 Å². The third kappa shape index (κ3) is 3.04. The van der Waals surface area contributed by atoms with Crippen molar-refractivity contribution in [2.75, 3.05) is 5.32 Å². The average molecular weight is 362 g/mol. The van der Waals surface area contributed by atoms with Crippen LogP contribution >= 0.6 is 31.9 Å². The number of nitrogens with one attached hydrogen (secondary N) is 1. The maximum atomic E-state index is 5.07. The van der Waals surface area contributed by atoms with Crippen molar-refractivity contribution in [3.63, 3.8) is 0 Å². The van der Waals surface area contributed by atoms with Gasteiger partial charge in [0, 0.05) is 21.2 Å². The number of hydrogen-bond donors (Lipinski definition) is 1. The fourth-order valence-electron chi connectivity index (χ4n) is 1.20. The highest BCUT2D eigenvalue weighted by molar-refractivity contribution is 9.11. The van der Waals surface area contributed by atoms with E-state index >= 15 is 0 Å². The highest BCUT2D eigenvalue weighted by Gasteiger charge is 2.13. The minimum absolute atomic E-state index is 0.240. The zero-order valence-electron chi connectivity index (χ0n) is 9.24. The maximum absolute atomic E-state index is 5.07. The van der Waals surface area contributed by atoms with Crippen molar-refractivity contribution in [2.24, 2.45) is 0 Å². The zero-order valence-corrected chi connectivity index (χ0v) is 12.4. The molecule has 90 valence electrons. The summed E-state index contributed by atoms with van der Waals surface area (Å²) < 4.78 is 6.77. The van der Waals surface area contributed by atoms with Gasteiger partial charge in [-0.1, -0.05) is 5.16 Å². The van der Waals surface area contributed by atoms with Gasteiger partial charge in [0.05, 0.1) is 0 Å². The largest absolute Gasteiger partial charge is 0.336 e. The molecule has 17 heavy (non-hydrogen) atoms. The lowest BCUT2D eigenvalue weighted by Crippen LogP contribution is -2.09. The first-order valence-electron chi connectivity index (χ1n) is 4.98. The normalized spacial score (nSPS) is 10.9. The van der Waals surface area contributed by atoms with Gasteiger partial charge in [-0.2, -0.15) is 4.98 Å². The van der Waals surface area contributed by atoms with Crippen LogP contribution in [0.25, 0.3) is 11.5 Å². The van der Waals surface area contributed by atoms with E-state index in [-0.39, 0.29) is 6.04 Å². The van der Waals surface area contributed by atoms with E-state index in [2.05, 4.69) is 52.3 Å². The molecule has 1 N–H and O–H groups in total. The summed E-state index contributed by atoms with van der Waals surface area (Å²) in [7, 11) is 0. The van der Waals surface area contributed by atoms with Crippen molar-refractivity contribution in [2.45, 2.75) is 19.9 Å². The lowest BCUT2D eigenvalue weighted by Gasteiger charge is -2.01. The fourth-order valence-corrected chi connectivity index (χ4v) is 2.37. The Balaban J connectivity index is 2.30. The second-order valence-electron chi connectivity index (χ2n) is 3.71. The predicted octanol–water partition coefficient (Wildman–Crippen LogP) is 3.48. The van der Waals surface area contributed by atoms with E-state index in [9.17, 15) is 0 Å². The minimum Gasteiger partial charge on any atom is -0.336 e. The molecule has 0 saturated carbocycles. The van der Waals surface area contributed by atoms with Gasteiger partial charge in [-0.25, -0.2) is 0 Å². The second-order valence-corrected chi connectivity index (χ2v) is 5.48. The summed E-state index contributed by atoms with van der Waals surface area (Å²) in [5.74, 6) is 0.451. The quantitative estimate of drug-likeness (QED) is 0.906. The van der Waals surface area contributed by atoms with Gasteiger partial charge >= 0.3 is 6.01 Å². The fraction of sp³-hybridized carbons (Fsp3) is 0.300. The molecule has 2 heterocycles. The molecular formula is C10H10Br2N4O. The summed E-state index contributed by atoms with van der Waals surface area (Å²) in [6.45, 7) is 4.00. The Labute approximate surface area is 115 Å². The molecule has 0 unspecified atom stereocenters. The Hall–Kier alpha value is -0.950. The van der Waals surface area contributed by atoms with Crippen molar-refractivity contribution in [1.82, 2.24) is 15.1 Å². The number of nitrogens with zero attached hydrogens (tertiary/aromatic N) is 3. The molecule has 2 aromatic heterocycles. The molecule has 0 aliphatic carbocycles. The summed E-state index contributed by atoms with van der Waals surface area (Å²) in [6.07, 6.45) is 1.69. The molecule has 0 radical (unpaired) electrons. The molecular weight excluding hydrogens is 352 g/mol. The molecule has 0 amide bonds. The molecule has 0 spiro atoms. The van der Waals surface area contributed by atoms with Gasteiger partial charge in [-0.15, -0.1) is 0 Å². The Kier molecular flexibility index (Phi) is 3.78. The first-order valence-corrected chi connectivity index (χ1v) is 6.56. The highest BCUT2D eigenvalue weighted by atomic mass is 79.9. The monoisotopic (exact) mass is 360 g/mol. The van der Waals surface area contributed by atoms with E-state index in [1.165, 1.54) is 0 Å². The third-order valence-electron chi connectivity index (χ3n) is 1.86. The van der Waals surface area contributed by atoms with Crippen molar-refractivity contribution < 1.29 is 4.52 Å². The van der Waals surface area contributed by atoms with Crippen molar-refractivity contribution in [1.29, 1.82) is 0 Å². The lowest BCUT2D eigenvalue weighted by molar-refractivity contribution is 0.429. The van der Waals surface area contributed by atoms with E-state index in [1.807, 2.05) is 19.9 Å². The van der Waals surface area contributed by atoms with Crippen LogP contribution in [0.2, 0.25) is 0 Å². The standard InChI is InChI=1S/C10H10Br2N4O/c1-5(2)14-10-15-9(16-17-10)8-7(12)3-6(11)4-13-8/h3-5H,1-2H3,(H,14,15,16). The Morgan fingerprint density at radius 1 is 1.35 bits per heavy atom. The van der Waals surface area contributed by atoms with Crippen LogP contribution in [0.4, 0.5) is 6.01 Å². The average Bonchev–Trinajstić information content (AvgIpc) is 2.65. The second kappa shape index (κ2) is 5.14. The predicted molar refractivity (Wildman–Crippen MR) is 71.7 cm³/mol. The molecule has 2 aromatic rings. The molecule has 0 saturated heterocycles. The molecule has 0 aromatic carbocycles. The van der Waals surface area contributed by atoms with Crippen LogP contribution in [0, 0.1) is 0 Å². The molecule has 7 heteroatoms. The molecule has 0 aliphatic rings. The van der Waals surface area contributed by atoms with E-state index in [4.69, 9.17) is 4.52 Å².